The fourth-order valence-corrected chi connectivity index (χ4v) is 1.26. The molecule has 0 saturated heterocycles. The molecule has 0 bridgehead atoms. The van der Waals surface area contributed by atoms with Crippen molar-refractivity contribution < 1.29 is 19.1 Å². The molecule has 1 atom stereocenters. The smallest absolute Gasteiger partial charge is 0.434 e. The summed E-state index contributed by atoms with van der Waals surface area (Å²) in [5.74, 6) is -0.785. The molecule has 0 fully saturated rings. The van der Waals surface area contributed by atoms with Gasteiger partial charge in [0.15, 0.2) is 0 Å². The van der Waals surface area contributed by atoms with Gasteiger partial charge in [-0.05, 0) is 18.9 Å². The van der Waals surface area contributed by atoms with E-state index < -0.39 is 18.2 Å². The molecular weight excluding hydrogens is 222 g/mol. The van der Waals surface area contributed by atoms with Crippen LogP contribution in [-0.2, 0) is 20.7 Å². The van der Waals surface area contributed by atoms with E-state index in [0.29, 0.717) is 6.42 Å². The quantitative estimate of drug-likeness (QED) is 0.630. The minimum absolute atomic E-state index is 0.153. The molecular formula is C12H15NO4. The Labute approximate surface area is 99.5 Å². The summed E-state index contributed by atoms with van der Waals surface area (Å²) in [6, 6.07) is 8.38. The lowest BCUT2D eigenvalue weighted by Crippen LogP contribution is -2.35. The van der Waals surface area contributed by atoms with Gasteiger partial charge >= 0.3 is 12.1 Å². The number of esters is 1. The zero-order chi connectivity index (χ0) is 12.7. The molecule has 2 N–H and O–H groups in total. The normalized spacial score (nSPS) is 11.6. The molecule has 0 spiro atoms. The summed E-state index contributed by atoms with van der Waals surface area (Å²) in [4.78, 5) is 22.3. The van der Waals surface area contributed by atoms with Gasteiger partial charge in [0.05, 0.1) is 6.61 Å². The first-order valence-electron chi connectivity index (χ1n) is 5.31. The lowest BCUT2D eigenvalue weighted by molar-refractivity contribution is -0.141. The molecule has 0 amide bonds. The molecule has 0 saturated carbocycles. The van der Waals surface area contributed by atoms with Gasteiger partial charge in [-0.15, -0.1) is 0 Å². The van der Waals surface area contributed by atoms with Gasteiger partial charge in [0.1, 0.15) is 6.04 Å². The van der Waals surface area contributed by atoms with Crippen molar-refractivity contribution in [2.75, 3.05) is 6.61 Å². The van der Waals surface area contributed by atoms with Crippen molar-refractivity contribution in [3.05, 3.63) is 35.9 Å². The second-order valence-corrected chi connectivity index (χ2v) is 3.40. The summed E-state index contributed by atoms with van der Waals surface area (Å²) in [5.41, 5.74) is 6.51. The van der Waals surface area contributed by atoms with Crippen molar-refractivity contribution >= 4 is 12.1 Å². The molecule has 5 nitrogen and oxygen atoms in total. The van der Waals surface area contributed by atoms with E-state index >= 15 is 0 Å². The van der Waals surface area contributed by atoms with Gasteiger partial charge in [0, 0.05) is 0 Å². The van der Waals surface area contributed by atoms with E-state index in [9.17, 15) is 9.59 Å². The van der Waals surface area contributed by atoms with Crippen molar-refractivity contribution in [1.82, 2.24) is 0 Å². The number of ether oxygens (including phenoxy) is 2. The van der Waals surface area contributed by atoms with Crippen LogP contribution >= 0.6 is 0 Å². The number of carbonyl (C=O) groups excluding carboxylic acids is 2. The van der Waals surface area contributed by atoms with Gasteiger partial charge < -0.3 is 15.2 Å². The molecule has 0 heterocycles. The lowest BCUT2D eigenvalue weighted by atomic mass is 10.1. The van der Waals surface area contributed by atoms with E-state index in [1.165, 1.54) is 0 Å². The molecule has 0 aromatic heterocycles. The molecule has 1 aromatic rings. The van der Waals surface area contributed by atoms with Crippen LogP contribution in [0.4, 0.5) is 4.79 Å². The van der Waals surface area contributed by atoms with Gasteiger partial charge in [-0.3, -0.25) is 0 Å². The molecule has 5 heteroatoms. The maximum Gasteiger partial charge on any atom is 0.516 e. The van der Waals surface area contributed by atoms with Gasteiger partial charge in [0.25, 0.3) is 0 Å². The second-order valence-electron chi connectivity index (χ2n) is 3.40. The van der Waals surface area contributed by atoms with E-state index in [1.54, 1.807) is 6.92 Å². The van der Waals surface area contributed by atoms with Crippen LogP contribution in [0.1, 0.15) is 12.5 Å². The minimum atomic E-state index is -1.01. The monoisotopic (exact) mass is 237 g/mol. The van der Waals surface area contributed by atoms with Crippen molar-refractivity contribution in [3.63, 3.8) is 0 Å². The van der Waals surface area contributed by atoms with E-state index in [2.05, 4.69) is 9.47 Å². The summed E-state index contributed by atoms with van der Waals surface area (Å²) in [7, 11) is 0. The van der Waals surface area contributed by atoms with E-state index in [0.717, 1.165) is 5.56 Å². The number of hydrogen-bond acceptors (Lipinski definition) is 5. The topological polar surface area (TPSA) is 78.6 Å². The van der Waals surface area contributed by atoms with Gasteiger partial charge in [-0.25, -0.2) is 9.59 Å². The van der Waals surface area contributed by atoms with Crippen LogP contribution in [0.5, 0.6) is 0 Å². The summed E-state index contributed by atoms with van der Waals surface area (Å²) < 4.78 is 8.88. The Balaban J connectivity index is 2.45. The maximum absolute atomic E-state index is 11.4. The fraction of sp³-hybridized carbons (Fsp3) is 0.333. The maximum atomic E-state index is 11.4. The summed E-state index contributed by atoms with van der Waals surface area (Å²) in [6.07, 6.45) is -0.694. The van der Waals surface area contributed by atoms with Gasteiger partial charge in [0.2, 0.25) is 0 Å². The number of hydrogen-bond donors (Lipinski definition) is 1. The first-order valence-corrected chi connectivity index (χ1v) is 5.31. The van der Waals surface area contributed by atoms with Gasteiger partial charge in [-0.2, -0.15) is 0 Å². The highest BCUT2D eigenvalue weighted by molar-refractivity contribution is 5.85. The average molecular weight is 237 g/mol. The van der Waals surface area contributed by atoms with Crippen molar-refractivity contribution in [1.29, 1.82) is 0 Å². The van der Waals surface area contributed by atoms with Crippen LogP contribution in [0.3, 0.4) is 0 Å². The Bertz CT molecular complexity index is 377. The third-order valence-electron chi connectivity index (χ3n) is 2.05. The standard InChI is InChI=1S/C12H15NO4/c1-2-16-12(15)17-11(14)10(13)8-9-6-4-3-5-7-9/h3-7,10H,2,8,13H2,1H3/t10-/m1/s1. The summed E-state index contributed by atoms with van der Waals surface area (Å²) in [5, 5.41) is 0. The van der Waals surface area contributed by atoms with Crippen LogP contribution in [0.25, 0.3) is 0 Å². The molecule has 17 heavy (non-hydrogen) atoms. The lowest BCUT2D eigenvalue weighted by Gasteiger charge is -2.09. The zero-order valence-electron chi connectivity index (χ0n) is 9.59. The molecule has 92 valence electrons. The van der Waals surface area contributed by atoms with Crippen LogP contribution in [0.15, 0.2) is 30.3 Å². The Morgan fingerprint density at radius 1 is 1.29 bits per heavy atom. The highest BCUT2D eigenvalue weighted by Crippen LogP contribution is 2.03. The molecule has 0 unspecified atom stereocenters. The second kappa shape index (κ2) is 6.65. The molecule has 1 rings (SSSR count). The van der Waals surface area contributed by atoms with E-state index in [-0.39, 0.29) is 6.61 Å². The summed E-state index contributed by atoms with van der Waals surface area (Å²) in [6.45, 7) is 1.77. The SMILES string of the molecule is CCOC(=O)OC(=O)[C@H](N)Cc1ccccc1. The van der Waals surface area contributed by atoms with Crippen LogP contribution < -0.4 is 5.73 Å². The molecule has 0 aliphatic heterocycles. The third-order valence-corrected chi connectivity index (χ3v) is 2.05. The Morgan fingerprint density at radius 2 is 1.94 bits per heavy atom. The predicted octanol–water partition coefficient (Wildman–Crippen LogP) is 1.26. The van der Waals surface area contributed by atoms with Crippen LogP contribution in [0, 0.1) is 0 Å². The van der Waals surface area contributed by atoms with Crippen molar-refractivity contribution in [2.24, 2.45) is 5.73 Å². The van der Waals surface area contributed by atoms with Crippen molar-refractivity contribution in [2.45, 2.75) is 19.4 Å². The van der Waals surface area contributed by atoms with E-state index in [1.807, 2.05) is 30.3 Å². The highest BCUT2D eigenvalue weighted by atomic mass is 16.7. The first-order chi connectivity index (χ1) is 8.13. The number of rotatable bonds is 4. The highest BCUT2D eigenvalue weighted by Gasteiger charge is 2.19. The molecule has 0 aliphatic carbocycles. The number of benzene rings is 1. The Hall–Kier alpha value is -1.88. The fourth-order valence-electron chi connectivity index (χ4n) is 1.26. The van der Waals surface area contributed by atoms with E-state index in [4.69, 9.17) is 5.73 Å². The van der Waals surface area contributed by atoms with Gasteiger partial charge in [-0.1, -0.05) is 30.3 Å². The average Bonchev–Trinajstić information content (AvgIpc) is 2.30. The first kappa shape index (κ1) is 13.2. The number of carbonyl (C=O) groups is 2. The van der Waals surface area contributed by atoms with Crippen LogP contribution in [-0.4, -0.2) is 24.8 Å². The largest absolute Gasteiger partial charge is 0.516 e. The predicted molar refractivity (Wildman–Crippen MR) is 61.2 cm³/mol. The van der Waals surface area contributed by atoms with Crippen LogP contribution in [0.2, 0.25) is 0 Å². The summed E-state index contributed by atoms with van der Waals surface area (Å²) >= 11 is 0. The molecule has 0 aliphatic rings. The Morgan fingerprint density at radius 3 is 2.53 bits per heavy atom. The molecule has 0 radical (unpaired) electrons. The number of nitrogens with two attached hydrogens (primary N) is 1. The zero-order valence-corrected chi connectivity index (χ0v) is 9.59. The molecule has 1 aromatic carbocycles. The Kier molecular flexibility index (Phi) is 5.16. The minimum Gasteiger partial charge on any atom is -0.434 e. The third kappa shape index (κ3) is 4.65. The van der Waals surface area contributed by atoms with Crippen molar-refractivity contribution in [3.8, 4) is 0 Å².